The smallest absolute Gasteiger partial charge is 0.339 e. The Morgan fingerprint density at radius 1 is 1.23 bits per heavy atom. The summed E-state index contributed by atoms with van der Waals surface area (Å²) in [6, 6.07) is 6.20. The van der Waals surface area contributed by atoms with Crippen LogP contribution in [0.1, 0.15) is 10.4 Å². The Bertz CT molecular complexity index is 971. The number of ether oxygens (including phenoxy) is 2. The van der Waals surface area contributed by atoms with Gasteiger partial charge in [0, 0.05) is 25.0 Å². The number of hydrogen-bond donors (Lipinski definition) is 0. The maximum atomic E-state index is 14.7. The number of esters is 1. The van der Waals surface area contributed by atoms with Crippen LogP contribution in [0.5, 0.6) is 5.75 Å². The third-order valence-electron chi connectivity index (χ3n) is 3.80. The Morgan fingerprint density at radius 2 is 2.00 bits per heavy atom. The molecule has 0 aliphatic heterocycles. The van der Waals surface area contributed by atoms with E-state index in [1.807, 2.05) is 0 Å². The molecule has 0 spiro atoms. The molecule has 0 bridgehead atoms. The van der Waals surface area contributed by atoms with E-state index in [2.05, 4.69) is 14.8 Å². The number of carbonyl (C=O) groups is 1. The molecule has 26 heavy (non-hydrogen) atoms. The van der Waals surface area contributed by atoms with Gasteiger partial charge in [0.05, 0.1) is 36.1 Å². The summed E-state index contributed by atoms with van der Waals surface area (Å²) in [5.41, 5.74) is 1.88. The molecule has 0 atom stereocenters. The van der Waals surface area contributed by atoms with E-state index in [9.17, 15) is 9.18 Å². The van der Waals surface area contributed by atoms with Crippen LogP contribution in [0.25, 0.3) is 22.5 Å². The maximum absolute atomic E-state index is 14.7. The molecule has 0 amide bonds. The summed E-state index contributed by atoms with van der Waals surface area (Å²) in [5.74, 6) is -0.772. The Kier molecular flexibility index (Phi) is 4.90. The number of rotatable bonds is 4. The number of aryl methyl sites for hydroxylation is 1. The number of halogens is 2. The minimum absolute atomic E-state index is 0.0235. The van der Waals surface area contributed by atoms with Gasteiger partial charge in [-0.3, -0.25) is 9.67 Å². The van der Waals surface area contributed by atoms with E-state index in [1.165, 1.54) is 26.5 Å². The number of carbonyl (C=O) groups excluding carboxylic acids is 1. The van der Waals surface area contributed by atoms with E-state index in [4.69, 9.17) is 16.3 Å². The molecular formula is C18H15ClFN3O3. The molecule has 0 saturated heterocycles. The van der Waals surface area contributed by atoms with Crippen molar-refractivity contribution in [3.8, 4) is 28.3 Å². The molecule has 0 unspecified atom stereocenters. The highest BCUT2D eigenvalue weighted by Crippen LogP contribution is 2.40. The third-order valence-corrected chi connectivity index (χ3v) is 4.09. The van der Waals surface area contributed by atoms with Crippen molar-refractivity contribution in [3.05, 3.63) is 53.1 Å². The van der Waals surface area contributed by atoms with Crippen molar-refractivity contribution in [2.45, 2.75) is 0 Å². The van der Waals surface area contributed by atoms with Gasteiger partial charge in [0.1, 0.15) is 11.4 Å². The van der Waals surface area contributed by atoms with Crippen LogP contribution >= 0.6 is 11.6 Å². The number of hydrogen-bond acceptors (Lipinski definition) is 5. The molecule has 2 heterocycles. The summed E-state index contributed by atoms with van der Waals surface area (Å²) in [6.07, 6.45) is 3.04. The second kappa shape index (κ2) is 7.13. The molecule has 0 fully saturated rings. The molecule has 0 aliphatic rings. The molecular weight excluding hydrogens is 361 g/mol. The quantitative estimate of drug-likeness (QED) is 0.650. The van der Waals surface area contributed by atoms with Gasteiger partial charge >= 0.3 is 5.97 Å². The van der Waals surface area contributed by atoms with E-state index in [0.717, 1.165) is 0 Å². The molecule has 8 heteroatoms. The Morgan fingerprint density at radius 3 is 2.62 bits per heavy atom. The SMILES string of the molecule is COC(=O)c1ccc(-c2nn(C)cc2-c2c(OC)ccc(Cl)c2F)nc1. The van der Waals surface area contributed by atoms with E-state index >= 15 is 0 Å². The van der Waals surface area contributed by atoms with E-state index < -0.39 is 11.8 Å². The second-order valence-electron chi connectivity index (χ2n) is 5.43. The summed E-state index contributed by atoms with van der Waals surface area (Å²) in [7, 11) is 4.46. The number of nitrogens with zero attached hydrogens (tertiary/aromatic N) is 3. The first-order chi connectivity index (χ1) is 12.5. The average molecular weight is 376 g/mol. The highest BCUT2D eigenvalue weighted by Gasteiger charge is 2.22. The minimum atomic E-state index is -0.605. The molecule has 0 aliphatic carbocycles. The van der Waals surface area contributed by atoms with Crippen LogP contribution in [0.2, 0.25) is 5.02 Å². The van der Waals surface area contributed by atoms with Crippen LogP contribution in [0.15, 0.2) is 36.7 Å². The van der Waals surface area contributed by atoms with Crippen molar-refractivity contribution < 1.29 is 18.7 Å². The molecule has 134 valence electrons. The second-order valence-corrected chi connectivity index (χ2v) is 5.83. The summed E-state index contributed by atoms with van der Waals surface area (Å²) >= 11 is 5.94. The fraction of sp³-hybridized carbons (Fsp3) is 0.167. The van der Waals surface area contributed by atoms with Gasteiger partial charge in [-0.15, -0.1) is 0 Å². The number of benzene rings is 1. The maximum Gasteiger partial charge on any atom is 0.339 e. The Hall–Kier alpha value is -2.93. The van der Waals surface area contributed by atoms with E-state index in [-0.39, 0.29) is 10.6 Å². The molecule has 1 aromatic carbocycles. The lowest BCUT2D eigenvalue weighted by Gasteiger charge is -2.11. The van der Waals surface area contributed by atoms with Gasteiger partial charge in [0.25, 0.3) is 0 Å². The first kappa shape index (κ1) is 17.9. The molecule has 3 rings (SSSR count). The van der Waals surface area contributed by atoms with Crippen LogP contribution < -0.4 is 4.74 Å². The highest BCUT2D eigenvalue weighted by atomic mass is 35.5. The van der Waals surface area contributed by atoms with Crippen LogP contribution in [0, 0.1) is 5.82 Å². The van der Waals surface area contributed by atoms with Crippen molar-refractivity contribution in [2.75, 3.05) is 14.2 Å². The number of pyridine rings is 1. The summed E-state index contributed by atoms with van der Waals surface area (Å²) in [4.78, 5) is 15.8. The van der Waals surface area contributed by atoms with Gasteiger partial charge in [0.15, 0.2) is 5.82 Å². The fourth-order valence-electron chi connectivity index (χ4n) is 2.59. The summed E-state index contributed by atoms with van der Waals surface area (Å²) in [5, 5.41) is 4.35. The molecule has 6 nitrogen and oxygen atoms in total. The first-order valence-corrected chi connectivity index (χ1v) is 7.94. The van der Waals surface area contributed by atoms with Crippen molar-refractivity contribution >= 4 is 17.6 Å². The summed E-state index contributed by atoms with van der Waals surface area (Å²) in [6.45, 7) is 0. The van der Waals surface area contributed by atoms with Gasteiger partial charge in [-0.2, -0.15) is 5.10 Å². The van der Waals surface area contributed by atoms with Gasteiger partial charge in [-0.25, -0.2) is 9.18 Å². The van der Waals surface area contributed by atoms with E-state index in [1.54, 1.807) is 36.1 Å². The van der Waals surface area contributed by atoms with Crippen molar-refractivity contribution in [1.29, 1.82) is 0 Å². The number of methoxy groups -OCH3 is 2. The predicted octanol–water partition coefficient (Wildman–Crippen LogP) is 3.74. The van der Waals surface area contributed by atoms with Crippen molar-refractivity contribution in [3.63, 3.8) is 0 Å². The van der Waals surface area contributed by atoms with Crippen LogP contribution in [-0.4, -0.2) is 35.0 Å². The highest BCUT2D eigenvalue weighted by molar-refractivity contribution is 6.31. The third kappa shape index (κ3) is 3.13. The van der Waals surface area contributed by atoms with Crippen LogP contribution in [0.4, 0.5) is 4.39 Å². The average Bonchev–Trinajstić information content (AvgIpc) is 3.04. The largest absolute Gasteiger partial charge is 0.496 e. The first-order valence-electron chi connectivity index (χ1n) is 7.57. The Labute approximate surface area is 154 Å². The summed E-state index contributed by atoms with van der Waals surface area (Å²) < 4.78 is 26.2. The lowest BCUT2D eigenvalue weighted by molar-refractivity contribution is 0.0600. The van der Waals surface area contributed by atoms with Crippen LogP contribution in [0.3, 0.4) is 0 Å². The zero-order valence-corrected chi connectivity index (χ0v) is 15.0. The normalized spacial score (nSPS) is 10.7. The van der Waals surface area contributed by atoms with Crippen molar-refractivity contribution in [2.24, 2.45) is 7.05 Å². The van der Waals surface area contributed by atoms with Gasteiger partial charge in [-0.05, 0) is 24.3 Å². The topological polar surface area (TPSA) is 66.2 Å². The number of aromatic nitrogens is 3. The van der Waals surface area contributed by atoms with Crippen molar-refractivity contribution in [1.82, 2.24) is 14.8 Å². The fourth-order valence-corrected chi connectivity index (χ4v) is 2.74. The molecule has 0 saturated carbocycles. The molecule has 0 radical (unpaired) electrons. The van der Waals surface area contributed by atoms with Crippen LogP contribution in [-0.2, 0) is 11.8 Å². The predicted molar refractivity (Wildman–Crippen MR) is 94.7 cm³/mol. The Balaban J connectivity index is 2.16. The van der Waals surface area contributed by atoms with E-state index in [0.29, 0.717) is 28.3 Å². The monoisotopic (exact) mass is 375 g/mol. The minimum Gasteiger partial charge on any atom is -0.496 e. The lowest BCUT2D eigenvalue weighted by Crippen LogP contribution is -2.02. The lowest BCUT2D eigenvalue weighted by atomic mass is 10.0. The molecule has 3 aromatic rings. The zero-order chi connectivity index (χ0) is 18.8. The standard InChI is InChI=1S/C18H15ClFN3O3/c1-23-9-11(15-14(25-2)7-5-12(19)16(15)20)17(22-23)13-6-4-10(8-21-13)18(24)26-3/h4-9H,1-3H3. The molecule has 2 aromatic heterocycles. The zero-order valence-electron chi connectivity index (χ0n) is 14.3. The van der Waals surface area contributed by atoms with Gasteiger partial charge < -0.3 is 9.47 Å². The molecule has 0 N–H and O–H groups in total. The van der Waals surface area contributed by atoms with Gasteiger partial charge in [-0.1, -0.05) is 11.6 Å². The van der Waals surface area contributed by atoms with Gasteiger partial charge in [0.2, 0.25) is 0 Å².